The number of aliphatic imine (C=N–C) groups is 1. The molecule has 7 heteroatoms. The van der Waals surface area contributed by atoms with Crippen LogP contribution in [0.25, 0.3) is 0 Å². The van der Waals surface area contributed by atoms with Crippen LogP contribution in [0.2, 0.25) is 0 Å². The van der Waals surface area contributed by atoms with Gasteiger partial charge in [-0.05, 0) is 50.6 Å². The largest absolute Gasteiger partial charge is 0.357 e. The zero-order valence-electron chi connectivity index (χ0n) is 14.8. The number of nitrogens with one attached hydrogen (secondary N) is 3. The van der Waals surface area contributed by atoms with Crippen molar-refractivity contribution < 1.29 is 4.79 Å². The summed E-state index contributed by atoms with van der Waals surface area (Å²) in [6.45, 7) is 3.95. The van der Waals surface area contributed by atoms with Gasteiger partial charge in [0.15, 0.2) is 5.96 Å². The predicted molar refractivity (Wildman–Crippen MR) is 111 cm³/mol. The summed E-state index contributed by atoms with van der Waals surface area (Å²) in [5.41, 5.74) is 0.650. The standard InChI is InChI=1S/C18H27BrN4OS/c1-3-20-18(23-15-7-8-16(12-15)25-2)22-10-9-21-17(24)13-5-4-6-14(19)11-13/h4-6,11,15-16H,3,7-10,12H2,1-2H3,(H,21,24)(H2,20,22,23). The van der Waals surface area contributed by atoms with Crippen molar-refractivity contribution in [1.29, 1.82) is 0 Å². The van der Waals surface area contributed by atoms with Crippen LogP contribution in [0.4, 0.5) is 0 Å². The Morgan fingerprint density at radius 2 is 2.20 bits per heavy atom. The number of amides is 1. The summed E-state index contributed by atoms with van der Waals surface area (Å²) in [4.78, 5) is 16.7. The lowest BCUT2D eigenvalue weighted by molar-refractivity contribution is 0.0954. The number of benzene rings is 1. The molecule has 0 spiro atoms. The minimum absolute atomic E-state index is 0.0759. The molecule has 5 nitrogen and oxygen atoms in total. The summed E-state index contributed by atoms with van der Waals surface area (Å²) in [7, 11) is 0. The van der Waals surface area contributed by atoms with E-state index in [4.69, 9.17) is 0 Å². The third-order valence-corrected chi connectivity index (χ3v) is 5.75. The van der Waals surface area contributed by atoms with E-state index in [9.17, 15) is 4.79 Å². The number of carbonyl (C=O) groups is 1. The first-order chi connectivity index (χ1) is 12.1. The molecule has 0 heterocycles. The summed E-state index contributed by atoms with van der Waals surface area (Å²) >= 11 is 5.33. The maximum atomic E-state index is 12.1. The fourth-order valence-corrected chi connectivity index (χ4v) is 4.06. The van der Waals surface area contributed by atoms with Crippen molar-refractivity contribution in [3.63, 3.8) is 0 Å². The fourth-order valence-electron chi connectivity index (χ4n) is 2.87. The van der Waals surface area contributed by atoms with Gasteiger partial charge >= 0.3 is 0 Å². The number of rotatable bonds is 7. The molecule has 1 aliphatic rings. The van der Waals surface area contributed by atoms with Gasteiger partial charge in [-0.15, -0.1) is 0 Å². The van der Waals surface area contributed by atoms with Gasteiger partial charge in [0.05, 0.1) is 6.54 Å². The number of hydrogen-bond acceptors (Lipinski definition) is 3. The second-order valence-electron chi connectivity index (χ2n) is 6.04. The van der Waals surface area contributed by atoms with Gasteiger partial charge in [-0.2, -0.15) is 11.8 Å². The maximum Gasteiger partial charge on any atom is 0.251 e. The molecule has 25 heavy (non-hydrogen) atoms. The van der Waals surface area contributed by atoms with E-state index in [0.717, 1.165) is 22.2 Å². The molecule has 2 unspecified atom stereocenters. The molecule has 0 radical (unpaired) electrons. The minimum atomic E-state index is -0.0759. The van der Waals surface area contributed by atoms with Gasteiger partial charge < -0.3 is 16.0 Å². The van der Waals surface area contributed by atoms with E-state index in [2.05, 4.69) is 50.1 Å². The van der Waals surface area contributed by atoms with Crippen LogP contribution in [0.3, 0.4) is 0 Å². The summed E-state index contributed by atoms with van der Waals surface area (Å²) < 4.78 is 0.900. The second kappa shape index (κ2) is 10.7. The number of halogens is 1. The SMILES string of the molecule is CCNC(=NCCNC(=O)c1cccc(Br)c1)NC1CCC(SC)C1. The van der Waals surface area contributed by atoms with Gasteiger partial charge in [0.1, 0.15) is 0 Å². The normalized spacial score (nSPS) is 20.4. The Hall–Kier alpha value is -1.21. The van der Waals surface area contributed by atoms with E-state index < -0.39 is 0 Å². The van der Waals surface area contributed by atoms with Crippen molar-refractivity contribution in [3.05, 3.63) is 34.3 Å². The first-order valence-corrected chi connectivity index (χ1v) is 10.8. The molecule has 0 aromatic heterocycles. The molecule has 0 saturated heterocycles. The Kier molecular flexibility index (Phi) is 8.61. The highest BCUT2D eigenvalue weighted by Gasteiger charge is 2.24. The summed E-state index contributed by atoms with van der Waals surface area (Å²) in [5, 5.41) is 10.5. The van der Waals surface area contributed by atoms with Gasteiger partial charge in [0.25, 0.3) is 5.91 Å². The third-order valence-electron chi connectivity index (χ3n) is 4.16. The molecule has 2 rings (SSSR count). The number of thioether (sulfide) groups is 1. The molecule has 3 N–H and O–H groups in total. The lowest BCUT2D eigenvalue weighted by Gasteiger charge is -2.17. The van der Waals surface area contributed by atoms with Crippen LogP contribution in [0.5, 0.6) is 0 Å². The van der Waals surface area contributed by atoms with Gasteiger partial charge in [0.2, 0.25) is 0 Å². The van der Waals surface area contributed by atoms with Crippen molar-refractivity contribution in [2.75, 3.05) is 25.9 Å². The number of hydrogen-bond donors (Lipinski definition) is 3. The van der Waals surface area contributed by atoms with Crippen LogP contribution in [0, 0.1) is 0 Å². The van der Waals surface area contributed by atoms with Crippen LogP contribution in [0.1, 0.15) is 36.5 Å². The van der Waals surface area contributed by atoms with E-state index >= 15 is 0 Å². The quantitative estimate of drug-likeness (QED) is 0.356. The average molecular weight is 427 g/mol. The van der Waals surface area contributed by atoms with Gasteiger partial charge in [-0.1, -0.05) is 22.0 Å². The maximum absolute atomic E-state index is 12.1. The zero-order chi connectivity index (χ0) is 18.1. The molecule has 1 aromatic carbocycles. The van der Waals surface area contributed by atoms with E-state index in [-0.39, 0.29) is 5.91 Å². The van der Waals surface area contributed by atoms with Crippen molar-refractivity contribution in [1.82, 2.24) is 16.0 Å². The highest BCUT2D eigenvalue weighted by molar-refractivity contribution is 9.10. The molecular weight excluding hydrogens is 400 g/mol. The Morgan fingerprint density at radius 1 is 1.36 bits per heavy atom. The molecule has 0 aliphatic heterocycles. The minimum Gasteiger partial charge on any atom is -0.357 e. The van der Waals surface area contributed by atoms with E-state index in [1.165, 1.54) is 19.3 Å². The lowest BCUT2D eigenvalue weighted by Crippen LogP contribution is -2.43. The molecule has 1 aliphatic carbocycles. The van der Waals surface area contributed by atoms with Crippen molar-refractivity contribution >= 4 is 39.6 Å². The van der Waals surface area contributed by atoms with E-state index in [1.54, 1.807) is 6.07 Å². The number of carbonyl (C=O) groups excluding carboxylic acids is 1. The van der Waals surface area contributed by atoms with E-state index in [1.807, 2.05) is 30.0 Å². The van der Waals surface area contributed by atoms with Crippen LogP contribution in [-0.4, -0.2) is 49.0 Å². The summed E-state index contributed by atoms with van der Waals surface area (Å²) in [6.07, 6.45) is 5.82. The zero-order valence-corrected chi connectivity index (χ0v) is 17.3. The smallest absolute Gasteiger partial charge is 0.251 e. The molecule has 1 saturated carbocycles. The molecule has 2 atom stereocenters. The lowest BCUT2D eigenvalue weighted by atomic mass is 10.2. The summed E-state index contributed by atoms with van der Waals surface area (Å²) in [5.74, 6) is 0.763. The fraction of sp³-hybridized carbons (Fsp3) is 0.556. The number of guanidine groups is 1. The molecule has 1 aromatic rings. The highest BCUT2D eigenvalue weighted by atomic mass is 79.9. The Labute approximate surface area is 163 Å². The van der Waals surface area contributed by atoms with E-state index in [0.29, 0.717) is 24.7 Å². The Morgan fingerprint density at radius 3 is 2.88 bits per heavy atom. The molecule has 1 amide bonds. The Balaban J connectivity index is 1.78. The van der Waals surface area contributed by atoms with Gasteiger partial charge in [0, 0.05) is 34.4 Å². The van der Waals surface area contributed by atoms with Gasteiger partial charge in [-0.3, -0.25) is 9.79 Å². The van der Waals surface area contributed by atoms with Crippen molar-refractivity contribution in [3.8, 4) is 0 Å². The first-order valence-electron chi connectivity index (χ1n) is 8.73. The highest BCUT2D eigenvalue weighted by Crippen LogP contribution is 2.27. The monoisotopic (exact) mass is 426 g/mol. The molecule has 1 fully saturated rings. The molecule has 0 bridgehead atoms. The summed E-state index contributed by atoms with van der Waals surface area (Å²) in [6, 6.07) is 7.86. The van der Waals surface area contributed by atoms with Crippen LogP contribution in [0.15, 0.2) is 33.7 Å². The topological polar surface area (TPSA) is 65.5 Å². The van der Waals surface area contributed by atoms with Gasteiger partial charge in [-0.25, -0.2) is 0 Å². The van der Waals surface area contributed by atoms with Crippen molar-refractivity contribution in [2.45, 2.75) is 37.5 Å². The first kappa shape index (κ1) is 20.1. The average Bonchev–Trinajstić information content (AvgIpc) is 3.06. The predicted octanol–water partition coefficient (Wildman–Crippen LogP) is 3.02. The van der Waals surface area contributed by atoms with Crippen LogP contribution < -0.4 is 16.0 Å². The van der Waals surface area contributed by atoms with Crippen molar-refractivity contribution in [2.24, 2.45) is 4.99 Å². The van der Waals surface area contributed by atoms with Crippen LogP contribution >= 0.6 is 27.7 Å². The third kappa shape index (κ3) is 6.90. The second-order valence-corrected chi connectivity index (χ2v) is 8.09. The molecular formula is C18H27BrN4OS. The van der Waals surface area contributed by atoms with Crippen LogP contribution in [-0.2, 0) is 0 Å². The Bertz CT molecular complexity index is 596. The molecule has 138 valence electrons. The number of nitrogens with zero attached hydrogens (tertiary/aromatic N) is 1.